The van der Waals surface area contributed by atoms with Gasteiger partial charge in [-0.25, -0.2) is 0 Å². The van der Waals surface area contributed by atoms with Crippen LogP contribution in [0.1, 0.15) is 30.7 Å². The van der Waals surface area contributed by atoms with E-state index in [2.05, 4.69) is 28.5 Å². The minimum absolute atomic E-state index is 0.671. The van der Waals surface area contributed by atoms with Crippen molar-refractivity contribution in [3.63, 3.8) is 0 Å². The molecule has 100 valence electrons. The second-order valence-electron chi connectivity index (χ2n) is 4.81. The maximum atomic E-state index is 9.63. The van der Waals surface area contributed by atoms with Crippen LogP contribution < -0.4 is 0 Å². The summed E-state index contributed by atoms with van der Waals surface area (Å²) in [5.41, 5.74) is 4.59. The first kappa shape index (κ1) is 11.9. The maximum Gasteiger partial charge on any atom is 0.134 e. The van der Waals surface area contributed by atoms with Gasteiger partial charge in [0.1, 0.15) is 34.5 Å². The van der Waals surface area contributed by atoms with Crippen molar-refractivity contribution in [1.29, 1.82) is 5.26 Å². The lowest BCUT2D eigenvalue weighted by Gasteiger charge is -2.28. The molecule has 0 radical (unpaired) electrons. The van der Waals surface area contributed by atoms with Gasteiger partial charge in [0.05, 0.1) is 29.0 Å². The Hall–Kier alpha value is -1.85. The van der Waals surface area contributed by atoms with Crippen LogP contribution in [-0.4, -0.2) is 35.5 Å². The Kier molecular flexibility index (Phi) is 2.75. The maximum absolute atomic E-state index is 9.63. The fourth-order valence-electron chi connectivity index (χ4n) is 2.75. The van der Waals surface area contributed by atoms with Crippen LogP contribution in [0.4, 0.5) is 0 Å². The molecule has 1 saturated heterocycles. The summed E-state index contributed by atoms with van der Waals surface area (Å²) in [7, 11) is 0. The standard InChI is InChI=1S/C12H10N6S2/c13-6-7(18-4-2-1-3-5-18)8-9-11(16-19-14-9)12-10(8)15-20-17-12/h1-5H2. The largest absolute Gasteiger partial charge is 0.362 e. The average molecular weight is 302 g/mol. The van der Waals surface area contributed by atoms with E-state index in [4.69, 9.17) is 0 Å². The molecular weight excluding hydrogens is 292 g/mol. The van der Waals surface area contributed by atoms with Crippen molar-refractivity contribution in [2.45, 2.75) is 19.3 Å². The molecule has 2 aromatic rings. The summed E-state index contributed by atoms with van der Waals surface area (Å²) in [5, 5.41) is 9.63. The van der Waals surface area contributed by atoms with Crippen LogP contribution in [0.2, 0.25) is 0 Å². The third kappa shape index (κ3) is 1.60. The molecule has 2 aliphatic rings. The number of nitriles is 1. The summed E-state index contributed by atoms with van der Waals surface area (Å²) in [6.07, 6.45) is 3.49. The summed E-state index contributed by atoms with van der Waals surface area (Å²) in [5.74, 6) is 0. The molecule has 0 bridgehead atoms. The molecule has 0 unspecified atom stereocenters. The molecule has 1 aliphatic heterocycles. The van der Waals surface area contributed by atoms with Gasteiger partial charge in [-0.2, -0.15) is 22.8 Å². The van der Waals surface area contributed by atoms with Crippen molar-refractivity contribution < 1.29 is 0 Å². The monoisotopic (exact) mass is 302 g/mol. The highest BCUT2D eigenvalue weighted by atomic mass is 32.1. The van der Waals surface area contributed by atoms with E-state index >= 15 is 0 Å². The second kappa shape index (κ2) is 4.61. The first-order valence-electron chi connectivity index (χ1n) is 6.45. The normalized spacial score (nSPS) is 16.8. The van der Waals surface area contributed by atoms with Crippen LogP contribution in [0.25, 0.3) is 17.0 Å². The Labute approximate surface area is 124 Å². The lowest BCUT2D eigenvalue weighted by Crippen LogP contribution is -2.29. The van der Waals surface area contributed by atoms with Crippen molar-refractivity contribution >= 4 is 29.0 Å². The smallest absolute Gasteiger partial charge is 0.134 e. The predicted octanol–water partition coefficient (Wildman–Crippen LogP) is 2.14. The Bertz CT molecular complexity index is 689. The Morgan fingerprint density at radius 2 is 1.45 bits per heavy atom. The number of rotatable bonds is 1. The zero-order valence-electron chi connectivity index (χ0n) is 10.5. The van der Waals surface area contributed by atoms with Gasteiger partial charge in [-0.3, -0.25) is 0 Å². The van der Waals surface area contributed by atoms with E-state index in [0.717, 1.165) is 77.7 Å². The highest BCUT2D eigenvalue weighted by Gasteiger charge is 2.35. The quantitative estimate of drug-likeness (QED) is 0.641. The van der Waals surface area contributed by atoms with Gasteiger partial charge >= 0.3 is 0 Å². The second-order valence-corrected chi connectivity index (χ2v) is 5.86. The summed E-state index contributed by atoms with van der Waals surface area (Å²) in [4.78, 5) is 2.15. The van der Waals surface area contributed by atoms with Crippen LogP contribution in [0.15, 0.2) is 5.70 Å². The zero-order valence-corrected chi connectivity index (χ0v) is 12.2. The number of hydrogen-bond donors (Lipinski definition) is 0. The molecule has 0 amide bonds. The Balaban J connectivity index is 1.92. The summed E-state index contributed by atoms with van der Waals surface area (Å²) in [6.45, 7) is 1.85. The molecule has 0 N–H and O–H groups in total. The van der Waals surface area contributed by atoms with Crippen molar-refractivity contribution in [2.24, 2.45) is 0 Å². The molecule has 20 heavy (non-hydrogen) atoms. The van der Waals surface area contributed by atoms with Crippen molar-refractivity contribution in [2.75, 3.05) is 13.1 Å². The van der Waals surface area contributed by atoms with Gasteiger partial charge in [0.15, 0.2) is 0 Å². The molecule has 0 aromatic carbocycles. The highest BCUT2D eigenvalue weighted by Crippen LogP contribution is 2.43. The van der Waals surface area contributed by atoms with E-state index in [1.54, 1.807) is 0 Å². The van der Waals surface area contributed by atoms with Crippen molar-refractivity contribution in [3.05, 3.63) is 17.1 Å². The number of nitrogens with zero attached hydrogens (tertiary/aromatic N) is 6. The van der Waals surface area contributed by atoms with Gasteiger partial charge in [-0.05, 0) is 19.3 Å². The molecule has 1 fully saturated rings. The fraction of sp³-hybridized carbons (Fsp3) is 0.417. The number of aromatic nitrogens is 4. The first-order chi connectivity index (χ1) is 9.90. The molecule has 0 atom stereocenters. The van der Waals surface area contributed by atoms with Gasteiger partial charge in [0.25, 0.3) is 0 Å². The molecule has 1 aliphatic carbocycles. The van der Waals surface area contributed by atoms with E-state index in [-0.39, 0.29) is 0 Å². The average Bonchev–Trinajstić information content (AvgIpc) is 3.17. The van der Waals surface area contributed by atoms with E-state index in [1.807, 2.05) is 0 Å². The van der Waals surface area contributed by atoms with Crippen LogP contribution in [0, 0.1) is 11.3 Å². The van der Waals surface area contributed by atoms with E-state index < -0.39 is 0 Å². The van der Waals surface area contributed by atoms with E-state index in [0.29, 0.717) is 5.70 Å². The molecular formula is C12H10N6S2. The minimum Gasteiger partial charge on any atom is -0.362 e. The van der Waals surface area contributed by atoms with Crippen LogP contribution in [-0.2, 0) is 0 Å². The SMILES string of the molecule is N#CC(=C1c2nsnc2-c2nsnc21)N1CCCCC1. The first-order valence-corrected chi connectivity index (χ1v) is 7.91. The number of fused-ring (bicyclic) bond motifs is 3. The summed E-state index contributed by atoms with van der Waals surface area (Å²) >= 11 is 2.32. The number of hydrogen-bond acceptors (Lipinski definition) is 8. The van der Waals surface area contributed by atoms with Crippen molar-refractivity contribution in [3.8, 4) is 17.5 Å². The summed E-state index contributed by atoms with van der Waals surface area (Å²) in [6, 6.07) is 2.35. The zero-order chi connectivity index (χ0) is 13.5. The fourth-order valence-corrected chi connectivity index (χ4v) is 3.86. The van der Waals surface area contributed by atoms with E-state index in [1.165, 1.54) is 6.42 Å². The summed E-state index contributed by atoms with van der Waals surface area (Å²) < 4.78 is 17.3. The highest BCUT2D eigenvalue weighted by molar-refractivity contribution is 7.00. The van der Waals surface area contributed by atoms with Crippen molar-refractivity contribution in [1.82, 2.24) is 22.4 Å². The van der Waals surface area contributed by atoms with Crippen LogP contribution in [0.3, 0.4) is 0 Å². The van der Waals surface area contributed by atoms with Crippen LogP contribution >= 0.6 is 23.5 Å². The van der Waals surface area contributed by atoms with Crippen LogP contribution in [0.5, 0.6) is 0 Å². The van der Waals surface area contributed by atoms with Gasteiger partial charge < -0.3 is 4.90 Å². The molecule has 3 heterocycles. The third-order valence-corrected chi connectivity index (χ3v) is 4.75. The Morgan fingerprint density at radius 1 is 0.900 bits per heavy atom. The molecule has 4 rings (SSSR count). The lowest BCUT2D eigenvalue weighted by atomic mass is 10.1. The van der Waals surface area contributed by atoms with Gasteiger partial charge in [0, 0.05) is 13.1 Å². The number of likely N-dealkylation sites (tertiary alicyclic amines) is 1. The van der Waals surface area contributed by atoms with E-state index in [9.17, 15) is 5.26 Å². The van der Waals surface area contributed by atoms with Gasteiger partial charge in [0.2, 0.25) is 0 Å². The molecule has 2 aromatic heterocycles. The minimum atomic E-state index is 0.671. The van der Waals surface area contributed by atoms with Gasteiger partial charge in [-0.1, -0.05) is 0 Å². The predicted molar refractivity (Wildman–Crippen MR) is 75.9 cm³/mol. The number of piperidine rings is 1. The molecule has 0 spiro atoms. The van der Waals surface area contributed by atoms with Gasteiger partial charge in [-0.15, -0.1) is 0 Å². The Morgan fingerprint density at radius 3 is 2.00 bits per heavy atom. The molecule has 0 saturated carbocycles. The topological polar surface area (TPSA) is 78.6 Å². The molecule has 8 heteroatoms. The number of allylic oxidation sites excluding steroid dienone is 1. The molecule has 6 nitrogen and oxygen atoms in total. The lowest BCUT2D eigenvalue weighted by molar-refractivity contribution is 0.296. The third-order valence-electron chi connectivity index (χ3n) is 3.69.